The maximum atomic E-state index is 11.6. The minimum atomic E-state index is -1.13. The average Bonchev–Trinajstić information content (AvgIpc) is 2.25. The molecule has 0 saturated heterocycles. The summed E-state index contributed by atoms with van der Waals surface area (Å²) in [5, 5.41) is 20.1. The molecular weight excluding hydrogens is 264 g/mol. The summed E-state index contributed by atoms with van der Waals surface area (Å²) in [7, 11) is 0. The van der Waals surface area contributed by atoms with Crippen molar-refractivity contribution < 1.29 is 15.0 Å². The van der Waals surface area contributed by atoms with Crippen molar-refractivity contribution in [3.8, 4) is 5.75 Å². The Morgan fingerprint density at radius 2 is 1.29 bits per heavy atom. The lowest BCUT2D eigenvalue weighted by atomic mass is 9.74. The molecule has 0 unspecified atom stereocenters. The molecule has 1 aromatic rings. The summed E-state index contributed by atoms with van der Waals surface area (Å²) in [6.07, 6.45) is 0. The monoisotopic (exact) mass is 292 g/mol. The molecule has 0 amide bonds. The Labute approximate surface area is 128 Å². The standard InChI is InChI=1S/C18H28O3/c1-16(2,3)11-9-12(17(4,5)6)14(19)13(10-11)18(7,8)15(20)21/h9-10,19H,1-8H3,(H,20,21). The third kappa shape index (κ3) is 3.39. The SMILES string of the molecule is CC(C)(C)c1cc(C(C)(C)C)c(O)c(C(C)(C)C(=O)O)c1. The van der Waals surface area contributed by atoms with Crippen LogP contribution < -0.4 is 0 Å². The van der Waals surface area contributed by atoms with Gasteiger partial charge >= 0.3 is 5.97 Å². The number of hydrogen-bond acceptors (Lipinski definition) is 2. The third-order valence-electron chi connectivity index (χ3n) is 3.99. The molecule has 0 aliphatic heterocycles. The first-order chi connectivity index (χ1) is 9.19. The number of hydrogen-bond donors (Lipinski definition) is 2. The number of carbonyl (C=O) groups is 1. The van der Waals surface area contributed by atoms with Gasteiger partial charge in [0.1, 0.15) is 5.75 Å². The summed E-state index contributed by atoms with van der Waals surface area (Å²) in [5.41, 5.74) is 0.804. The molecule has 2 N–H and O–H groups in total. The first-order valence-corrected chi connectivity index (χ1v) is 7.31. The van der Waals surface area contributed by atoms with Crippen molar-refractivity contribution in [1.29, 1.82) is 0 Å². The highest BCUT2D eigenvalue weighted by Gasteiger charge is 2.36. The van der Waals surface area contributed by atoms with Gasteiger partial charge in [-0.2, -0.15) is 0 Å². The third-order valence-corrected chi connectivity index (χ3v) is 3.99. The molecule has 0 radical (unpaired) electrons. The van der Waals surface area contributed by atoms with Crippen molar-refractivity contribution in [3.05, 3.63) is 28.8 Å². The number of carboxylic acids is 1. The van der Waals surface area contributed by atoms with Crippen LogP contribution in [0.3, 0.4) is 0 Å². The number of aliphatic carboxylic acids is 1. The number of benzene rings is 1. The fourth-order valence-corrected chi connectivity index (χ4v) is 2.23. The van der Waals surface area contributed by atoms with Crippen LogP contribution in [0.25, 0.3) is 0 Å². The predicted octanol–water partition coefficient (Wildman–Crippen LogP) is 4.35. The highest BCUT2D eigenvalue weighted by Crippen LogP contribution is 2.42. The van der Waals surface area contributed by atoms with Crippen LogP contribution in [0.2, 0.25) is 0 Å². The highest BCUT2D eigenvalue weighted by atomic mass is 16.4. The van der Waals surface area contributed by atoms with Crippen LogP contribution in [-0.4, -0.2) is 16.2 Å². The molecule has 0 bridgehead atoms. The molecule has 21 heavy (non-hydrogen) atoms. The second kappa shape index (κ2) is 5.04. The second-order valence-electron chi connectivity index (χ2n) is 8.35. The Bertz CT molecular complexity index is 555. The summed E-state index contributed by atoms with van der Waals surface area (Å²) >= 11 is 0. The molecule has 0 spiro atoms. The van der Waals surface area contributed by atoms with Gasteiger partial charge in [0.15, 0.2) is 0 Å². The fourth-order valence-electron chi connectivity index (χ4n) is 2.23. The quantitative estimate of drug-likeness (QED) is 0.852. The summed E-state index contributed by atoms with van der Waals surface area (Å²) in [5.74, 6) is -0.841. The van der Waals surface area contributed by atoms with E-state index in [-0.39, 0.29) is 16.6 Å². The molecule has 3 heteroatoms. The van der Waals surface area contributed by atoms with Crippen molar-refractivity contribution >= 4 is 5.97 Å². The van der Waals surface area contributed by atoms with Gasteiger partial charge in [0.05, 0.1) is 5.41 Å². The molecule has 3 nitrogen and oxygen atoms in total. The Morgan fingerprint density at radius 1 is 0.857 bits per heavy atom. The van der Waals surface area contributed by atoms with E-state index in [1.165, 1.54) is 0 Å². The van der Waals surface area contributed by atoms with Crippen molar-refractivity contribution in [2.75, 3.05) is 0 Å². The van der Waals surface area contributed by atoms with Crippen LogP contribution >= 0.6 is 0 Å². The van der Waals surface area contributed by atoms with Crippen molar-refractivity contribution in [2.24, 2.45) is 0 Å². The van der Waals surface area contributed by atoms with Gasteiger partial charge < -0.3 is 10.2 Å². The molecule has 0 fully saturated rings. The van der Waals surface area contributed by atoms with E-state index in [1.54, 1.807) is 13.8 Å². The molecule has 118 valence electrons. The molecule has 0 aromatic heterocycles. The van der Waals surface area contributed by atoms with E-state index in [0.29, 0.717) is 5.56 Å². The lowest BCUT2D eigenvalue weighted by molar-refractivity contribution is -0.142. The number of phenols is 1. The minimum absolute atomic E-state index is 0.0999. The minimum Gasteiger partial charge on any atom is -0.507 e. The van der Waals surface area contributed by atoms with Gasteiger partial charge in [-0.1, -0.05) is 53.7 Å². The van der Waals surface area contributed by atoms with E-state index in [1.807, 2.05) is 32.9 Å². The van der Waals surface area contributed by atoms with Crippen LogP contribution in [0.15, 0.2) is 12.1 Å². The maximum absolute atomic E-state index is 11.6. The van der Waals surface area contributed by atoms with Crippen LogP contribution in [0.4, 0.5) is 0 Å². The highest BCUT2D eigenvalue weighted by molar-refractivity contribution is 5.82. The van der Waals surface area contributed by atoms with Crippen LogP contribution in [-0.2, 0) is 21.0 Å². The number of rotatable bonds is 2. The molecule has 0 heterocycles. The van der Waals surface area contributed by atoms with Gasteiger partial charge in [-0.3, -0.25) is 4.79 Å². The lowest BCUT2D eigenvalue weighted by Crippen LogP contribution is -2.30. The first kappa shape index (κ1) is 17.5. The van der Waals surface area contributed by atoms with Crippen molar-refractivity contribution in [3.63, 3.8) is 0 Å². The first-order valence-electron chi connectivity index (χ1n) is 7.31. The van der Waals surface area contributed by atoms with Crippen LogP contribution in [0, 0.1) is 0 Å². The Kier molecular flexibility index (Phi) is 4.21. The van der Waals surface area contributed by atoms with Crippen LogP contribution in [0.1, 0.15) is 72.1 Å². The van der Waals surface area contributed by atoms with Crippen molar-refractivity contribution in [1.82, 2.24) is 0 Å². The zero-order valence-corrected chi connectivity index (χ0v) is 14.5. The van der Waals surface area contributed by atoms with Gasteiger partial charge in [-0.25, -0.2) is 0 Å². The lowest BCUT2D eigenvalue weighted by Gasteiger charge is -2.31. The van der Waals surface area contributed by atoms with Crippen LogP contribution in [0.5, 0.6) is 5.75 Å². The van der Waals surface area contributed by atoms with E-state index in [0.717, 1.165) is 11.1 Å². The molecule has 0 saturated carbocycles. The summed E-state index contributed by atoms with van der Waals surface area (Å²) < 4.78 is 0. The summed E-state index contributed by atoms with van der Waals surface area (Å²) in [6.45, 7) is 15.6. The molecule has 0 aliphatic rings. The Balaban J connectivity index is 3.77. The number of aromatic hydroxyl groups is 1. The largest absolute Gasteiger partial charge is 0.507 e. The summed E-state index contributed by atoms with van der Waals surface area (Å²) in [4.78, 5) is 11.6. The van der Waals surface area contributed by atoms with E-state index in [9.17, 15) is 15.0 Å². The molecule has 1 rings (SSSR count). The predicted molar refractivity (Wildman–Crippen MR) is 86.2 cm³/mol. The van der Waals surface area contributed by atoms with Crippen molar-refractivity contribution in [2.45, 2.75) is 71.6 Å². The topological polar surface area (TPSA) is 57.5 Å². The van der Waals surface area contributed by atoms with Gasteiger partial charge in [0.2, 0.25) is 0 Å². The second-order valence-corrected chi connectivity index (χ2v) is 8.35. The maximum Gasteiger partial charge on any atom is 0.313 e. The fraction of sp³-hybridized carbons (Fsp3) is 0.611. The Morgan fingerprint density at radius 3 is 1.62 bits per heavy atom. The molecular formula is C18H28O3. The van der Waals surface area contributed by atoms with Gasteiger partial charge in [0, 0.05) is 5.56 Å². The normalized spacial score (nSPS) is 13.3. The average molecular weight is 292 g/mol. The van der Waals surface area contributed by atoms with E-state index in [2.05, 4.69) is 20.8 Å². The zero-order chi connectivity index (χ0) is 16.8. The molecule has 1 aromatic carbocycles. The molecule has 0 atom stereocenters. The smallest absolute Gasteiger partial charge is 0.313 e. The Hall–Kier alpha value is -1.51. The number of carboxylic acid groups (broad SMARTS) is 1. The summed E-state index contributed by atoms with van der Waals surface area (Å²) in [6, 6.07) is 3.83. The van der Waals surface area contributed by atoms with Gasteiger partial charge in [-0.05, 0) is 35.8 Å². The number of phenolic OH excluding ortho intramolecular Hbond substituents is 1. The van der Waals surface area contributed by atoms with Gasteiger partial charge in [0.25, 0.3) is 0 Å². The van der Waals surface area contributed by atoms with Gasteiger partial charge in [-0.15, -0.1) is 0 Å². The van der Waals surface area contributed by atoms with E-state index >= 15 is 0 Å². The van der Waals surface area contributed by atoms with E-state index in [4.69, 9.17) is 0 Å². The molecule has 0 aliphatic carbocycles. The van der Waals surface area contributed by atoms with E-state index < -0.39 is 11.4 Å². The zero-order valence-electron chi connectivity index (χ0n) is 14.5.